The largest absolute Gasteiger partial charge is 0.373 e. The Balaban J connectivity index is 1.51. The zero-order chi connectivity index (χ0) is 13.1. The average Bonchev–Trinajstić information content (AvgIpc) is 2.93. The lowest BCUT2D eigenvalue weighted by Gasteiger charge is -2.35. The fraction of sp³-hybridized carbons (Fsp3) is 0.615. The first-order valence-electron chi connectivity index (χ1n) is 6.88. The molecule has 3 rings (SSSR count). The Morgan fingerprint density at radius 3 is 3.21 bits per heavy atom. The molecule has 2 atom stereocenters. The number of nitrogens with zero attached hydrogens (tertiary/aromatic N) is 2. The van der Waals surface area contributed by atoms with Crippen LogP contribution < -0.4 is 16.6 Å². The molecule has 0 spiro atoms. The molecule has 2 fully saturated rings. The van der Waals surface area contributed by atoms with E-state index < -0.39 is 0 Å². The van der Waals surface area contributed by atoms with E-state index in [1.165, 1.54) is 19.4 Å². The molecule has 0 bridgehead atoms. The maximum Gasteiger partial charge on any atom is 0.142 e. The van der Waals surface area contributed by atoms with Gasteiger partial charge < -0.3 is 15.5 Å². The van der Waals surface area contributed by atoms with Crippen molar-refractivity contribution in [1.82, 2.24) is 9.88 Å². The van der Waals surface area contributed by atoms with E-state index >= 15 is 0 Å². The van der Waals surface area contributed by atoms with Crippen molar-refractivity contribution in [2.24, 2.45) is 5.84 Å². The van der Waals surface area contributed by atoms with E-state index in [1.54, 1.807) is 0 Å². The fourth-order valence-electron chi connectivity index (χ4n) is 2.84. The molecule has 0 aromatic carbocycles. The van der Waals surface area contributed by atoms with Gasteiger partial charge in [0, 0.05) is 19.1 Å². The Kier molecular flexibility index (Phi) is 3.82. The number of nitrogens with two attached hydrogens (primary N) is 1. The molecule has 1 aromatic heterocycles. The summed E-state index contributed by atoms with van der Waals surface area (Å²) in [5.41, 5.74) is 2.54. The number of nitrogens with one attached hydrogen (secondary N) is 2. The molecule has 2 saturated heterocycles. The van der Waals surface area contributed by atoms with E-state index in [2.05, 4.69) is 20.6 Å². The number of aromatic nitrogens is 1. The molecule has 2 unspecified atom stereocenters. The molecule has 2 aliphatic heterocycles. The van der Waals surface area contributed by atoms with Crippen LogP contribution in [0.25, 0.3) is 0 Å². The summed E-state index contributed by atoms with van der Waals surface area (Å²) in [6.07, 6.45) is 2.83. The van der Waals surface area contributed by atoms with Gasteiger partial charge in [-0.15, -0.1) is 0 Å². The summed E-state index contributed by atoms with van der Waals surface area (Å²) in [6.45, 7) is 3.89. The molecule has 0 amide bonds. The highest BCUT2D eigenvalue weighted by Crippen LogP contribution is 2.22. The average molecular weight is 263 g/mol. The van der Waals surface area contributed by atoms with Crippen LogP contribution in [0.4, 0.5) is 11.6 Å². The van der Waals surface area contributed by atoms with Gasteiger partial charge in [0.15, 0.2) is 0 Å². The van der Waals surface area contributed by atoms with Gasteiger partial charge in [-0.2, -0.15) is 0 Å². The number of fused-ring (bicyclic) bond motifs is 1. The molecule has 1 aromatic rings. The molecule has 3 heterocycles. The normalized spacial score (nSPS) is 27.0. The predicted molar refractivity (Wildman–Crippen MR) is 74.9 cm³/mol. The molecule has 6 nitrogen and oxygen atoms in total. The Bertz CT molecular complexity index is 427. The number of rotatable bonds is 4. The lowest BCUT2D eigenvalue weighted by atomic mass is 10.2. The first-order chi connectivity index (χ1) is 9.35. The summed E-state index contributed by atoms with van der Waals surface area (Å²) < 4.78 is 5.90. The third-order valence-electron chi connectivity index (χ3n) is 3.87. The van der Waals surface area contributed by atoms with Gasteiger partial charge >= 0.3 is 0 Å². The van der Waals surface area contributed by atoms with Gasteiger partial charge in [-0.1, -0.05) is 6.07 Å². The van der Waals surface area contributed by atoms with Crippen molar-refractivity contribution in [1.29, 1.82) is 0 Å². The van der Waals surface area contributed by atoms with E-state index in [0.29, 0.717) is 11.9 Å². The van der Waals surface area contributed by atoms with Crippen molar-refractivity contribution in [2.45, 2.75) is 25.0 Å². The Morgan fingerprint density at radius 2 is 2.32 bits per heavy atom. The molecule has 19 heavy (non-hydrogen) atoms. The fourth-order valence-corrected chi connectivity index (χ4v) is 2.84. The lowest BCUT2D eigenvalue weighted by molar-refractivity contribution is -0.0416. The Hall–Kier alpha value is -1.37. The van der Waals surface area contributed by atoms with Crippen molar-refractivity contribution in [3.63, 3.8) is 0 Å². The van der Waals surface area contributed by atoms with Gasteiger partial charge in [-0.25, -0.2) is 10.8 Å². The van der Waals surface area contributed by atoms with Crippen LogP contribution in [0, 0.1) is 0 Å². The van der Waals surface area contributed by atoms with Gasteiger partial charge in [0.25, 0.3) is 0 Å². The maximum atomic E-state index is 5.90. The van der Waals surface area contributed by atoms with Crippen LogP contribution in [0.5, 0.6) is 0 Å². The quantitative estimate of drug-likeness (QED) is 0.547. The van der Waals surface area contributed by atoms with Crippen molar-refractivity contribution >= 4 is 11.6 Å². The summed E-state index contributed by atoms with van der Waals surface area (Å²) in [5, 5.41) is 3.31. The first-order valence-corrected chi connectivity index (χ1v) is 6.88. The third kappa shape index (κ3) is 2.97. The molecule has 0 aliphatic carbocycles. The molecule has 104 valence electrons. The summed E-state index contributed by atoms with van der Waals surface area (Å²) in [6, 6.07) is 6.33. The van der Waals surface area contributed by atoms with Crippen LogP contribution in [-0.4, -0.2) is 48.3 Å². The zero-order valence-corrected chi connectivity index (χ0v) is 11.0. The topological polar surface area (TPSA) is 75.4 Å². The second-order valence-corrected chi connectivity index (χ2v) is 5.18. The van der Waals surface area contributed by atoms with Crippen LogP contribution >= 0.6 is 0 Å². The molecular formula is C13H21N5O. The third-order valence-corrected chi connectivity index (χ3v) is 3.87. The van der Waals surface area contributed by atoms with Crippen LogP contribution in [0.15, 0.2) is 18.2 Å². The van der Waals surface area contributed by atoms with Gasteiger partial charge in [-0.05, 0) is 31.5 Å². The van der Waals surface area contributed by atoms with E-state index in [0.717, 1.165) is 25.5 Å². The van der Waals surface area contributed by atoms with E-state index in [9.17, 15) is 0 Å². The number of anilines is 2. The van der Waals surface area contributed by atoms with Gasteiger partial charge in [0.2, 0.25) is 0 Å². The SMILES string of the molecule is NNc1cccc(NCC2CN3CCCC3CO2)n1. The minimum absolute atomic E-state index is 0.241. The van der Waals surface area contributed by atoms with Gasteiger partial charge in [0.1, 0.15) is 11.6 Å². The van der Waals surface area contributed by atoms with E-state index in [4.69, 9.17) is 10.6 Å². The number of nitrogen functional groups attached to an aromatic ring is 1. The van der Waals surface area contributed by atoms with Crippen LogP contribution in [0.3, 0.4) is 0 Å². The van der Waals surface area contributed by atoms with Crippen molar-refractivity contribution in [2.75, 3.05) is 37.0 Å². The highest BCUT2D eigenvalue weighted by Gasteiger charge is 2.31. The molecule has 0 saturated carbocycles. The van der Waals surface area contributed by atoms with E-state index in [1.807, 2.05) is 18.2 Å². The minimum atomic E-state index is 0.241. The summed E-state index contributed by atoms with van der Waals surface area (Å²) in [5.74, 6) is 6.83. The van der Waals surface area contributed by atoms with E-state index in [-0.39, 0.29) is 6.10 Å². The molecule has 2 aliphatic rings. The minimum Gasteiger partial charge on any atom is -0.373 e. The molecule has 4 N–H and O–H groups in total. The van der Waals surface area contributed by atoms with Crippen LogP contribution in [-0.2, 0) is 4.74 Å². The van der Waals surface area contributed by atoms with Crippen molar-refractivity contribution < 1.29 is 4.74 Å². The number of morpholine rings is 1. The zero-order valence-electron chi connectivity index (χ0n) is 11.0. The van der Waals surface area contributed by atoms with Crippen LogP contribution in [0.1, 0.15) is 12.8 Å². The first kappa shape index (κ1) is 12.7. The van der Waals surface area contributed by atoms with Gasteiger partial charge in [-0.3, -0.25) is 4.90 Å². The Morgan fingerprint density at radius 1 is 1.42 bits per heavy atom. The number of hydrazine groups is 1. The highest BCUT2D eigenvalue weighted by atomic mass is 16.5. The summed E-state index contributed by atoms with van der Waals surface area (Å²) in [4.78, 5) is 6.87. The standard InChI is InChI=1S/C13H21N5O/c14-17-13-5-1-4-12(16-13)15-7-11-8-18-6-2-3-10(18)9-19-11/h1,4-5,10-11H,2-3,6-9,14H2,(H2,15,16,17). The molecular weight excluding hydrogens is 242 g/mol. The Labute approximate surface area is 113 Å². The van der Waals surface area contributed by atoms with Crippen LogP contribution in [0.2, 0.25) is 0 Å². The summed E-state index contributed by atoms with van der Waals surface area (Å²) >= 11 is 0. The second-order valence-electron chi connectivity index (χ2n) is 5.18. The predicted octanol–water partition coefficient (Wildman–Crippen LogP) is 0.642. The second kappa shape index (κ2) is 5.73. The number of ether oxygens (including phenoxy) is 1. The highest BCUT2D eigenvalue weighted by molar-refractivity contribution is 5.44. The molecule has 6 heteroatoms. The maximum absolute atomic E-state index is 5.90. The lowest BCUT2D eigenvalue weighted by Crippen LogP contribution is -2.48. The van der Waals surface area contributed by atoms with Crippen molar-refractivity contribution in [3.8, 4) is 0 Å². The number of hydrogen-bond acceptors (Lipinski definition) is 6. The smallest absolute Gasteiger partial charge is 0.142 e. The van der Waals surface area contributed by atoms with Gasteiger partial charge in [0.05, 0.1) is 12.7 Å². The number of hydrogen-bond donors (Lipinski definition) is 3. The monoisotopic (exact) mass is 263 g/mol. The molecule has 0 radical (unpaired) electrons. The summed E-state index contributed by atoms with van der Waals surface area (Å²) in [7, 11) is 0. The van der Waals surface area contributed by atoms with Crippen molar-refractivity contribution in [3.05, 3.63) is 18.2 Å². The number of pyridine rings is 1.